The maximum absolute atomic E-state index is 15.5. The second-order valence-corrected chi connectivity index (χ2v) is 20.5. The number of unbranched alkanes of at least 4 members (excludes halogenated alkanes) is 4. The Bertz CT molecular complexity index is 1570. The lowest BCUT2D eigenvalue weighted by Crippen LogP contribution is -2.67. The lowest BCUT2D eigenvalue weighted by atomic mass is 9.32. The number of carboxylic acid groups (broad SMARTS) is 1. The van der Waals surface area contributed by atoms with Gasteiger partial charge in [-0.1, -0.05) is 96.4 Å². The Morgan fingerprint density at radius 3 is 2.20 bits per heavy atom. The van der Waals surface area contributed by atoms with Gasteiger partial charge in [-0.25, -0.2) is 0 Å². The zero-order valence-electron chi connectivity index (χ0n) is 35.2. The second kappa shape index (κ2) is 16.0. The molecule has 0 bridgehead atoms. The summed E-state index contributed by atoms with van der Waals surface area (Å²) in [6.07, 6.45) is 14.7. The summed E-state index contributed by atoms with van der Waals surface area (Å²) < 4.78 is 0. The molecule has 5 aliphatic carbocycles. The summed E-state index contributed by atoms with van der Waals surface area (Å²) in [5, 5.41) is 21.4. The Morgan fingerprint density at radius 1 is 0.836 bits per heavy atom. The molecule has 4 N–H and O–H groups in total. The molecule has 5 saturated carbocycles. The van der Waals surface area contributed by atoms with Gasteiger partial charge >= 0.3 is 5.97 Å². The van der Waals surface area contributed by atoms with Crippen molar-refractivity contribution in [2.75, 3.05) is 13.1 Å². The Morgan fingerprint density at radius 2 is 1.53 bits per heavy atom. The monoisotopic (exact) mass is 759 g/mol. The Labute approximate surface area is 332 Å². The van der Waals surface area contributed by atoms with E-state index in [0.717, 1.165) is 96.3 Å². The normalized spacial score (nSPS) is 38.1. The third-order valence-electron chi connectivity index (χ3n) is 17.8. The molecule has 0 saturated heterocycles. The first-order chi connectivity index (χ1) is 26.0. The SMILES string of the molecule is C=C(C)[C@@H]1CC[C@]2(C(=O)N(CCCCCCCN)C(=O)CC[C@@H](C(=O)O)c3ccccc3)CC[C@]3(C)[C@H](CC[C@H]4[C@@]5(C)CC[C@H](O)C(C)(C)[C@@H]5CC[C@]43C)[C@@H]12. The van der Waals surface area contributed by atoms with E-state index in [9.17, 15) is 19.8 Å². The van der Waals surface area contributed by atoms with E-state index in [4.69, 9.17) is 5.73 Å². The molecule has 306 valence electrons. The van der Waals surface area contributed by atoms with E-state index in [1.54, 1.807) is 4.90 Å². The van der Waals surface area contributed by atoms with Gasteiger partial charge in [-0.15, -0.1) is 0 Å². The van der Waals surface area contributed by atoms with Crippen LogP contribution in [-0.4, -0.2) is 52.1 Å². The molecule has 11 atom stereocenters. The van der Waals surface area contributed by atoms with Crippen LogP contribution < -0.4 is 5.73 Å². The van der Waals surface area contributed by atoms with Crippen LogP contribution >= 0.6 is 0 Å². The predicted molar refractivity (Wildman–Crippen MR) is 220 cm³/mol. The maximum Gasteiger partial charge on any atom is 0.310 e. The summed E-state index contributed by atoms with van der Waals surface area (Å²) in [6.45, 7) is 20.1. The van der Waals surface area contributed by atoms with E-state index in [1.165, 1.54) is 5.57 Å². The number of carbonyl (C=O) groups excluding carboxylic acids is 2. The lowest BCUT2D eigenvalue weighted by molar-refractivity contribution is -0.247. The maximum atomic E-state index is 15.5. The van der Waals surface area contributed by atoms with E-state index in [0.29, 0.717) is 36.4 Å². The topological polar surface area (TPSA) is 121 Å². The van der Waals surface area contributed by atoms with Gasteiger partial charge in [-0.05, 0) is 154 Å². The van der Waals surface area contributed by atoms with E-state index in [-0.39, 0.29) is 64.3 Å². The predicted octanol–water partition coefficient (Wildman–Crippen LogP) is 9.92. The molecule has 1 aromatic carbocycles. The van der Waals surface area contributed by atoms with Crippen LogP contribution in [-0.2, 0) is 14.4 Å². The molecule has 5 aliphatic rings. The third-order valence-corrected chi connectivity index (χ3v) is 17.8. The van der Waals surface area contributed by atoms with Crippen LogP contribution in [0, 0.1) is 56.7 Å². The molecule has 0 aromatic heterocycles. The van der Waals surface area contributed by atoms with Crippen molar-refractivity contribution in [1.29, 1.82) is 0 Å². The number of rotatable bonds is 14. The van der Waals surface area contributed by atoms with Crippen LogP contribution in [0.2, 0.25) is 0 Å². The minimum Gasteiger partial charge on any atom is -0.481 e. The molecule has 55 heavy (non-hydrogen) atoms. The molecule has 2 amide bonds. The number of carboxylic acids is 1. The summed E-state index contributed by atoms with van der Waals surface area (Å²) >= 11 is 0. The van der Waals surface area contributed by atoms with Gasteiger partial charge in [0.25, 0.3) is 0 Å². The number of nitrogens with zero attached hydrogens (tertiary/aromatic N) is 1. The molecule has 0 spiro atoms. The fourth-order valence-electron chi connectivity index (χ4n) is 14.6. The van der Waals surface area contributed by atoms with Crippen molar-refractivity contribution in [2.45, 2.75) is 163 Å². The van der Waals surface area contributed by atoms with Gasteiger partial charge in [-0.2, -0.15) is 0 Å². The van der Waals surface area contributed by atoms with Crippen molar-refractivity contribution >= 4 is 17.8 Å². The van der Waals surface area contributed by atoms with Gasteiger partial charge in [0.15, 0.2) is 0 Å². The number of hydrogen-bond acceptors (Lipinski definition) is 5. The van der Waals surface area contributed by atoms with E-state index < -0.39 is 17.3 Å². The highest BCUT2D eigenvalue weighted by molar-refractivity contribution is 5.99. The first-order valence-electron chi connectivity index (χ1n) is 22.2. The van der Waals surface area contributed by atoms with Gasteiger partial charge in [0.05, 0.1) is 17.4 Å². The Hall–Kier alpha value is -2.51. The molecule has 0 heterocycles. The third kappa shape index (κ3) is 7.08. The van der Waals surface area contributed by atoms with E-state index in [2.05, 4.69) is 48.1 Å². The number of carbonyl (C=O) groups is 3. The summed E-state index contributed by atoms with van der Waals surface area (Å²) in [6, 6.07) is 9.16. The number of benzene rings is 1. The number of aliphatic hydroxyl groups is 1. The molecule has 7 nitrogen and oxygen atoms in total. The Kier molecular flexibility index (Phi) is 12.3. The van der Waals surface area contributed by atoms with E-state index >= 15 is 4.79 Å². The largest absolute Gasteiger partial charge is 0.481 e. The molecular weight excluding hydrogens is 685 g/mol. The molecule has 5 fully saturated rings. The van der Waals surface area contributed by atoms with Gasteiger partial charge in [-0.3, -0.25) is 19.3 Å². The number of hydrogen-bond donors (Lipinski definition) is 3. The number of fused-ring (bicyclic) bond motifs is 7. The molecular formula is C48H74N2O5. The van der Waals surface area contributed by atoms with Crippen molar-refractivity contribution < 1.29 is 24.6 Å². The number of allylic oxidation sites excluding steroid dienone is 1. The van der Waals surface area contributed by atoms with Crippen LogP contribution in [0.15, 0.2) is 42.5 Å². The fraction of sp³-hybridized carbons (Fsp3) is 0.771. The molecule has 6 rings (SSSR count). The summed E-state index contributed by atoms with van der Waals surface area (Å²) in [5.41, 5.74) is 7.25. The highest BCUT2D eigenvalue weighted by Crippen LogP contribution is 2.77. The standard InChI is InChI=1S/C48H74N2O5/c1-32(2)34-22-27-48(43(55)50(31-15-10-8-9-14-30-49)40(52)21-18-35(42(53)54)33-16-12-11-13-17-33)29-28-46(6)36(41(34)48)19-20-38-45(5)25-24-39(51)44(3,4)37(45)23-26-47(38,46)7/h11-13,16-17,34-39,41,51H,1,8-10,14-15,18-31,49H2,2-7H3,(H,53,54)/t34-,35+,36+,37-,38-,39-,41+,45-,46+,47+,48-/m0/s1. The number of aliphatic carboxylic acids is 1. The minimum atomic E-state index is -0.943. The number of imide groups is 1. The minimum absolute atomic E-state index is 0.00723. The molecule has 0 aliphatic heterocycles. The van der Waals surface area contributed by atoms with Crippen LogP contribution in [0.25, 0.3) is 0 Å². The smallest absolute Gasteiger partial charge is 0.310 e. The quantitative estimate of drug-likeness (QED) is 0.128. The van der Waals surface area contributed by atoms with Gasteiger partial charge in [0, 0.05) is 13.0 Å². The molecule has 0 radical (unpaired) electrons. The van der Waals surface area contributed by atoms with Crippen molar-refractivity contribution in [2.24, 2.45) is 62.4 Å². The number of amides is 2. The summed E-state index contributed by atoms with van der Waals surface area (Å²) in [7, 11) is 0. The fourth-order valence-corrected chi connectivity index (χ4v) is 14.6. The van der Waals surface area contributed by atoms with Crippen LogP contribution in [0.5, 0.6) is 0 Å². The van der Waals surface area contributed by atoms with Gasteiger partial charge in [0.2, 0.25) is 11.8 Å². The first-order valence-corrected chi connectivity index (χ1v) is 22.2. The highest BCUT2D eigenvalue weighted by Gasteiger charge is 2.72. The molecule has 7 heteroatoms. The zero-order valence-corrected chi connectivity index (χ0v) is 35.2. The molecule has 1 aromatic rings. The van der Waals surface area contributed by atoms with Crippen LogP contribution in [0.1, 0.15) is 162 Å². The highest BCUT2D eigenvalue weighted by atomic mass is 16.4. The first kappa shape index (κ1) is 42.1. The van der Waals surface area contributed by atoms with Gasteiger partial charge in [0.1, 0.15) is 0 Å². The van der Waals surface area contributed by atoms with Crippen LogP contribution in [0.4, 0.5) is 0 Å². The Balaban J connectivity index is 1.30. The number of nitrogens with two attached hydrogens (primary N) is 1. The van der Waals surface area contributed by atoms with Crippen molar-refractivity contribution in [3.8, 4) is 0 Å². The van der Waals surface area contributed by atoms with Crippen molar-refractivity contribution in [3.63, 3.8) is 0 Å². The van der Waals surface area contributed by atoms with Crippen LogP contribution in [0.3, 0.4) is 0 Å². The summed E-state index contributed by atoms with van der Waals surface area (Å²) in [5.74, 6) is -0.145. The van der Waals surface area contributed by atoms with Gasteiger partial charge < -0.3 is 15.9 Å². The summed E-state index contributed by atoms with van der Waals surface area (Å²) in [4.78, 5) is 44.0. The van der Waals surface area contributed by atoms with Crippen molar-refractivity contribution in [1.82, 2.24) is 4.90 Å². The average Bonchev–Trinajstić information content (AvgIpc) is 3.55. The van der Waals surface area contributed by atoms with E-state index in [1.807, 2.05) is 30.3 Å². The lowest BCUT2D eigenvalue weighted by Gasteiger charge is -2.72. The van der Waals surface area contributed by atoms with Crippen molar-refractivity contribution in [3.05, 3.63) is 48.0 Å². The second-order valence-electron chi connectivity index (χ2n) is 20.5. The number of aliphatic hydroxyl groups excluding tert-OH is 1. The average molecular weight is 759 g/mol. The zero-order chi connectivity index (χ0) is 40.0. The molecule has 0 unspecified atom stereocenters.